The van der Waals surface area contributed by atoms with Crippen LogP contribution in [0.15, 0.2) is 42.6 Å². The zero-order valence-corrected chi connectivity index (χ0v) is 9.98. The van der Waals surface area contributed by atoms with E-state index in [1.807, 2.05) is 31.2 Å². The maximum absolute atomic E-state index is 5.90. The molecule has 3 heteroatoms. The Kier molecular flexibility index (Phi) is 3.60. The Balaban J connectivity index is 2.25. The molecule has 1 aromatic carbocycles. The number of fused-ring (bicyclic) bond motifs is 1. The van der Waals surface area contributed by atoms with Crippen LogP contribution in [-0.2, 0) is 0 Å². The summed E-state index contributed by atoms with van der Waals surface area (Å²) in [5.74, 6) is 0. The number of nitrogens with one attached hydrogen (secondary N) is 1. The summed E-state index contributed by atoms with van der Waals surface area (Å²) in [6.45, 7) is 2.95. The van der Waals surface area contributed by atoms with E-state index in [1.165, 1.54) is 0 Å². The number of hydrogen-bond donors (Lipinski definition) is 2. The van der Waals surface area contributed by atoms with Gasteiger partial charge in [-0.15, -0.1) is 0 Å². The fourth-order valence-corrected chi connectivity index (χ4v) is 1.81. The molecule has 2 aromatic rings. The Hall–Kier alpha value is -2.03. The molecule has 0 spiro atoms. The second-order valence-corrected chi connectivity index (χ2v) is 3.89. The standard InChI is InChI=1S/C14H17N3/c1-2-3-4-9-16-13-8-7-12(15)14-11(13)6-5-10-17-14/h2-3,5-8,10,16H,4,9,15H2,1H3/b3-2+. The van der Waals surface area contributed by atoms with Crippen molar-refractivity contribution in [3.63, 3.8) is 0 Å². The van der Waals surface area contributed by atoms with Crippen molar-refractivity contribution in [1.82, 2.24) is 4.98 Å². The number of anilines is 2. The Labute approximate surface area is 101 Å². The van der Waals surface area contributed by atoms with E-state index >= 15 is 0 Å². The lowest BCUT2D eigenvalue weighted by Crippen LogP contribution is -2.01. The molecule has 0 saturated heterocycles. The SMILES string of the molecule is C/C=C/CCNc1ccc(N)c2ncccc12. The highest BCUT2D eigenvalue weighted by Gasteiger charge is 2.03. The highest BCUT2D eigenvalue weighted by Crippen LogP contribution is 2.26. The molecule has 0 fully saturated rings. The largest absolute Gasteiger partial charge is 0.397 e. The first-order valence-electron chi connectivity index (χ1n) is 5.81. The van der Waals surface area contributed by atoms with Crippen LogP contribution in [0.3, 0.4) is 0 Å². The molecule has 1 heterocycles. The van der Waals surface area contributed by atoms with E-state index in [-0.39, 0.29) is 0 Å². The van der Waals surface area contributed by atoms with Gasteiger partial charge in [0, 0.05) is 23.8 Å². The number of rotatable bonds is 4. The molecule has 3 nitrogen and oxygen atoms in total. The van der Waals surface area contributed by atoms with Crippen molar-refractivity contribution in [1.29, 1.82) is 0 Å². The van der Waals surface area contributed by atoms with Gasteiger partial charge in [-0.25, -0.2) is 0 Å². The van der Waals surface area contributed by atoms with Crippen molar-refractivity contribution in [2.75, 3.05) is 17.6 Å². The molecule has 0 radical (unpaired) electrons. The third-order valence-electron chi connectivity index (χ3n) is 2.66. The number of nitrogens with two attached hydrogens (primary N) is 1. The lowest BCUT2D eigenvalue weighted by molar-refractivity contribution is 1.07. The summed E-state index contributed by atoms with van der Waals surface area (Å²) in [4.78, 5) is 4.31. The first-order chi connectivity index (χ1) is 8.33. The summed E-state index contributed by atoms with van der Waals surface area (Å²) >= 11 is 0. The van der Waals surface area contributed by atoms with Crippen LogP contribution in [0.1, 0.15) is 13.3 Å². The van der Waals surface area contributed by atoms with E-state index in [4.69, 9.17) is 5.73 Å². The number of pyridine rings is 1. The van der Waals surface area contributed by atoms with Crippen LogP contribution in [0.2, 0.25) is 0 Å². The van der Waals surface area contributed by atoms with E-state index < -0.39 is 0 Å². The molecule has 3 N–H and O–H groups in total. The zero-order chi connectivity index (χ0) is 12.1. The highest BCUT2D eigenvalue weighted by molar-refractivity contribution is 5.98. The molecule has 2 rings (SSSR count). The third-order valence-corrected chi connectivity index (χ3v) is 2.66. The molecule has 17 heavy (non-hydrogen) atoms. The van der Waals surface area contributed by atoms with Gasteiger partial charge in [0.05, 0.1) is 11.2 Å². The maximum Gasteiger partial charge on any atom is 0.0951 e. The van der Waals surface area contributed by atoms with Crippen LogP contribution >= 0.6 is 0 Å². The molecule has 0 aliphatic heterocycles. The topological polar surface area (TPSA) is 50.9 Å². The Morgan fingerprint density at radius 3 is 3.06 bits per heavy atom. The zero-order valence-electron chi connectivity index (χ0n) is 9.98. The predicted molar refractivity (Wildman–Crippen MR) is 74.1 cm³/mol. The second kappa shape index (κ2) is 5.34. The van der Waals surface area contributed by atoms with E-state index in [2.05, 4.69) is 22.5 Å². The number of hydrogen-bond acceptors (Lipinski definition) is 3. The van der Waals surface area contributed by atoms with Crippen molar-refractivity contribution >= 4 is 22.3 Å². The number of nitrogen functional groups attached to an aromatic ring is 1. The Morgan fingerprint density at radius 2 is 2.24 bits per heavy atom. The Bertz CT molecular complexity index is 532. The maximum atomic E-state index is 5.90. The van der Waals surface area contributed by atoms with Gasteiger partial charge >= 0.3 is 0 Å². The van der Waals surface area contributed by atoms with Gasteiger partial charge in [0.15, 0.2) is 0 Å². The van der Waals surface area contributed by atoms with Gasteiger partial charge in [0.1, 0.15) is 0 Å². The number of aromatic nitrogens is 1. The molecule has 0 unspecified atom stereocenters. The first-order valence-corrected chi connectivity index (χ1v) is 5.81. The molecule has 88 valence electrons. The van der Waals surface area contributed by atoms with Crippen LogP contribution < -0.4 is 11.1 Å². The lowest BCUT2D eigenvalue weighted by Gasteiger charge is -2.09. The average molecular weight is 227 g/mol. The third kappa shape index (κ3) is 2.56. The van der Waals surface area contributed by atoms with Crippen LogP contribution in [0.25, 0.3) is 10.9 Å². The number of benzene rings is 1. The van der Waals surface area contributed by atoms with E-state index in [1.54, 1.807) is 6.20 Å². The summed E-state index contributed by atoms with van der Waals surface area (Å²) in [6, 6.07) is 7.87. The second-order valence-electron chi connectivity index (χ2n) is 3.89. The summed E-state index contributed by atoms with van der Waals surface area (Å²) in [7, 11) is 0. The van der Waals surface area contributed by atoms with Gasteiger partial charge in [0.2, 0.25) is 0 Å². The monoisotopic (exact) mass is 227 g/mol. The fourth-order valence-electron chi connectivity index (χ4n) is 1.81. The molecule has 0 atom stereocenters. The fraction of sp³-hybridized carbons (Fsp3) is 0.214. The summed E-state index contributed by atoms with van der Waals surface area (Å²) in [5, 5.41) is 4.48. The van der Waals surface area contributed by atoms with Crippen molar-refractivity contribution < 1.29 is 0 Å². The summed E-state index contributed by atoms with van der Waals surface area (Å²) in [6.07, 6.45) is 6.99. The van der Waals surface area contributed by atoms with Crippen molar-refractivity contribution in [3.8, 4) is 0 Å². The Morgan fingerprint density at radius 1 is 1.35 bits per heavy atom. The molecule has 0 aliphatic carbocycles. The van der Waals surface area contributed by atoms with Crippen molar-refractivity contribution in [3.05, 3.63) is 42.6 Å². The minimum absolute atomic E-state index is 0.722. The van der Waals surface area contributed by atoms with Gasteiger partial charge in [0.25, 0.3) is 0 Å². The van der Waals surface area contributed by atoms with Gasteiger partial charge in [-0.1, -0.05) is 12.2 Å². The molecule has 0 aliphatic rings. The van der Waals surface area contributed by atoms with Crippen molar-refractivity contribution in [2.45, 2.75) is 13.3 Å². The van der Waals surface area contributed by atoms with Gasteiger partial charge in [-0.05, 0) is 37.6 Å². The number of allylic oxidation sites excluding steroid dienone is 1. The van der Waals surface area contributed by atoms with Gasteiger partial charge in [-0.2, -0.15) is 0 Å². The minimum Gasteiger partial charge on any atom is -0.397 e. The predicted octanol–water partition coefficient (Wildman–Crippen LogP) is 3.20. The van der Waals surface area contributed by atoms with E-state index in [0.717, 1.165) is 35.2 Å². The molecular formula is C14H17N3. The van der Waals surface area contributed by atoms with E-state index in [9.17, 15) is 0 Å². The molecule has 0 bridgehead atoms. The number of nitrogens with zero attached hydrogens (tertiary/aromatic N) is 1. The highest BCUT2D eigenvalue weighted by atomic mass is 14.9. The summed E-state index contributed by atoms with van der Waals surface area (Å²) < 4.78 is 0. The van der Waals surface area contributed by atoms with Crippen LogP contribution in [0, 0.1) is 0 Å². The van der Waals surface area contributed by atoms with E-state index in [0.29, 0.717) is 0 Å². The molecule has 1 aromatic heterocycles. The van der Waals surface area contributed by atoms with Crippen molar-refractivity contribution in [2.24, 2.45) is 0 Å². The summed E-state index contributed by atoms with van der Waals surface area (Å²) in [5.41, 5.74) is 8.58. The molecule has 0 amide bonds. The average Bonchev–Trinajstić information content (AvgIpc) is 2.37. The van der Waals surface area contributed by atoms with Gasteiger partial charge in [-0.3, -0.25) is 4.98 Å². The molecular weight excluding hydrogens is 210 g/mol. The normalized spacial score (nSPS) is 11.1. The first kappa shape index (κ1) is 11.5. The van der Waals surface area contributed by atoms with Crippen LogP contribution in [-0.4, -0.2) is 11.5 Å². The molecule has 0 saturated carbocycles. The lowest BCUT2D eigenvalue weighted by atomic mass is 10.1. The minimum atomic E-state index is 0.722. The quantitative estimate of drug-likeness (QED) is 0.479. The van der Waals surface area contributed by atoms with Gasteiger partial charge < -0.3 is 11.1 Å². The van der Waals surface area contributed by atoms with Crippen LogP contribution in [0.4, 0.5) is 11.4 Å². The van der Waals surface area contributed by atoms with Crippen LogP contribution in [0.5, 0.6) is 0 Å². The smallest absolute Gasteiger partial charge is 0.0951 e.